The number of carboxylic acid groups (broad SMARTS) is 1. The molecule has 7 heteroatoms. The first-order chi connectivity index (χ1) is 9.67. The predicted molar refractivity (Wildman–Crippen MR) is 77.5 cm³/mol. The third-order valence-corrected chi connectivity index (χ3v) is 3.17. The molecule has 6 nitrogen and oxygen atoms in total. The number of carboxylic acids is 1. The first kappa shape index (κ1) is 17.0. The Bertz CT molecular complexity index is 583. The summed E-state index contributed by atoms with van der Waals surface area (Å²) in [6, 6.07) is 4.29. The van der Waals surface area contributed by atoms with Gasteiger partial charge in [0.25, 0.3) is 0 Å². The van der Waals surface area contributed by atoms with Crippen molar-refractivity contribution in [3.8, 4) is 0 Å². The van der Waals surface area contributed by atoms with E-state index in [1.54, 1.807) is 0 Å². The molecule has 2 N–H and O–H groups in total. The molecule has 0 aliphatic heterocycles. The van der Waals surface area contributed by atoms with E-state index in [1.807, 2.05) is 0 Å². The first-order valence-corrected chi connectivity index (χ1v) is 6.46. The zero-order valence-corrected chi connectivity index (χ0v) is 12.7. The van der Waals surface area contributed by atoms with Gasteiger partial charge < -0.3 is 15.2 Å². The first-order valence-electron chi connectivity index (χ1n) is 6.08. The smallest absolute Gasteiger partial charge is 0.337 e. The quantitative estimate of drug-likeness (QED) is 0.815. The number of anilines is 1. The maximum absolute atomic E-state index is 11.9. The maximum Gasteiger partial charge on any atom is 0.337 e. The minimum atomic E-state index is -1.20. The lowest BCUT2D eigenvalue weighted by Gasteiger charge is -2.18. The van der Waals surface area contributed by atoms with Crippen LogP contribution >= 0.6 is 11.6 Å². The second kappa shape index (κ2) is 6.58. The molecule has 0 spiro atoms. The zero-order chi connectivity index (χ0) is 16.2. The fourth-order valence-corrected chi connectivity index (χ4v) is 1.70. The van der Waals surface area contributed by atoms with Gasteiger partial charge in [0.15, 0.2) is 0 Å². The monoisotopic (exact) mass is 313 g/mol. The van der Waals surface area contributed by atoms with Gasteiger partial charge in [-0.05, 0) is 32.0 Å². The van der Waals surface area contributed by atoms with E-state index in [-0.39, 0.29) is 22.7 Å². The van der Waals surface area contributed by atoms with Crippen molar-refractivity contribution in [2.24, 2.45) is 5.41 Å². The number of benzene rings is 1. The van der Waals surface area contributed by atoms with E-state index in [0.29, 0.717) is 0 Å². The molecule has 0 aliphatic carbocycles. The summed E-state index contributed by atoms with van der Waals surface area (Å²) in [4.78, 5) is 34.3. The van der Waals surface area contributed by atoms with E-state index in [0.717, 1.165) is 0 Å². The number of rotatable bonds is 5. The molecule has 0 fully saturated rings. The van der Waals surface area contributed by atoms with Crippen LogP contribution in [0.25, 0.3) is 0 Å². The molecule has 0 aromatic heterocycles. The predicted octanol–water partition coefficient (Wildman–Crippen LogP) is 2.57. The molecular weight excluding hydrogens is 298 g/mol. The number of aliphatic carboxylic acids is 1. The van der Waals surface area contributed by atoms with Crippen LogP contribution in [0.5, 0.6) is 0 Å². The molecule has 1 rings (SSSR count). The van der Waals surface area contributed by atoms with Crippen LogP contribution < -0.4 is 5.32 Å². The van der Waals surface area contributed by atoms with Crippen molar-refractivity contribution in [1.82, 2.24) is 0 Å². The summed E-state index contributed by atoms with van der Waals surface area (Å²) in [6.07, 6.45) is -0.221. The van der Waals surface area contributed by atoms with Gasteiger partial charge in [0.05, 0.1) is 28.8 Å². The maximum atomic E-state index is 11.9. The Morgan fingerprint density at radius 1 is 1.33 bits per heavy atom. The van der Waals surface area contributed by atoms with E-state index in [9.17, 15) is 14.4 Å². The number of ether oxygens (including phenoxy) is 1. The van der Waals surface area contributed by atoms with Crippen LogP contribution in [0, 0.1) is 5.41 Å². The highest BCUT2D eigenvalue weighted by molar-refractivity contribution is 6.33. The number of esters is 1. The van der Waals surface area contributed by atoms with E-state index >= 15 is 0 Å². The Hall–Kier alpha value is -2.08. The van der Waals surface area contributed by atoms with E-state index in [2.05, 4.69) is 10.1 Å². The van der Waals surface area contributed by atoms with Crippen LogP contribution in [0.1, 0.15) is 30.6 Å². The molecule has 0 unspecified atom stereocenters. The number of amides is 1. The van der Waals surface area contributed by atoms with Crippen molar-refractivity contribution in [2.75, 3.05) is 12.4 Å². The lowest BCUT2D eigenvalue weighted by molar-refractivity contribution is -0.148. The number of hydrogen-bond donors (Lipinski definition) is 2. The van der Waals surface area contributed by atoms with Crippen LogP contribution in [-0.4, -0.2) is 30.1 Å². The van der Waals surface area contributed by atoms with Crippen molar-refractivity contribution in [2.45, 2.75) is 20.3 Å². The second-order valence-electron chi connectivity index (χ2n) is 5.10. The van der Waals surface area contributed by atoms with Crippen LogP contribution in [0.2, 0.25) is 5.02 Å². The minimum Gasteiger partial charge on any atom is -0.481 e. The molecule has 1 amide bonds. The number of halogens is 1. The Morgan fingerprint density at radius 3 is 2.48 bits per heavy atom. The van der Waals surface area contributed by atoms with Crippen molar-refractivity contribution < 1.29 is 24.2 Å². The van der Waals surface area contributed by atoms with Crippen molar-refractivity contribution >= 4 is 35.1 Å². The van der Waals surface area contributed by atoms with Gasteiger partial charge in [-0.15, -0.1) is 0 Å². The summed E-state index contributed by atoms with van der Waals surface area (Å²) in [5.41, 5.74) is -0.739. The summed E-state index contributed by atoms with van der Waals surface area (Å²) in [5, 5.41) is 11.7. The molecule has 0 radical (unpaired) electrons. The number of carbonyl (C=O) groups is 3. The van der Waals surface area contributed by atoms with Gasteiger partial charge in [-0.25, -0.2) is 4.79 Å². The average molecular weight is 314 g/mol. The van der Waals surface area contributed by atoms with Crippen molar-refractivity contribution in [3.63, 3.8) is 0 Å². The SMILES string of the molecule is COC(=O)c1ccc(Cl)c(NC(=O)CC(C)(C)C(=O)O)c1. The van der Waals surface area contributed by atoms with Crippen LogP contribution in [0.15, 0.2) is 18.2 Å². The third-order valence-electron chi connectivity index (χ3n) is 2.84. The fraction of sp³-hybridized carbons (Fsp3) is 0.357. The number of methoxy groups -OCH3 is 1. The molecule has 0 saturated heterocycles. The Labute approximate surface area is 127 Å². The van der Waals surface area contributed by atoms with E-state index in [1.165, 1.54) is 39.2 Å². The largest absolute Gasteiger partial charge is 0.481 e. The lowest BCUT2D eigenvalue weighted by Crippen LogP contribution is -2.29. The van der Waals surface area contributed by atoms with Gasteiger partial charge in [0.2, 0.25) is 5.91 Å². The molecule has 114 valence electrons. The normalized spacial score (nSPS) is 10.9. The van der Waals surface area contributed by atoms with Crippen LogP contribution in [-0.2, 0) is 14.3 Å². The lowest BCUT2D eigenvalue weighted by atomic mass is 9.89. The summed E-state index contributed by atoms with van der Waals surface area (Å²) < 4.78 is 4.58. The average Bonchev–Trinajstić information content (AvgIpc) is 2.39. The third kappa shape index (κ3) is 4.46. The molecule has 0 bridgehead atoms. The molecule has 21 heavy (non-hydrogen) atoms. The highest BCUT2D eigenvalue weighted by Gasteiger charge is 2.30. The number of hydrogen-bond acceptors (Lipinski definition) is 4. The minimum absolute atomic E-state index is 0.221. The Morgan fingerprint density at radius 2 is 1.95 bits per heavy atom. The van der Waals surface area contributed by atoms with E-state index < -0.39 is 23.3 Å². The Kier molecular flexibility index (Phi) is 5.32. The molecule has 0 aliphatic rings. The summed E-state index contributed by atoms with van der Waals surface area (Å²) >= 11 is 5.94. The molecule has 1 aromatic rings. The molecule has 0 saturated carbocycles. The highest BCUT2D eigenvalue weighted by Crippen LogP contribution is 2.26. The number of carbonyl (C=O) groups excluding carboxylic acids is 2. The topological polar surface area (TPSA) is 92.7 Å². The zero-order valence-electron chi connectivity index (χ0n) is 11.9. The second-order valence-corrected chi connectivity index (χ2v) is 5.51. The standard InChI is InChI=1S/C14H16ClNO5/c1-14(2,13(19)20)7-11(17)16-10-6-8(12(18)21-3)4-5-9(10)15/h4-6H,7H2,1-3H3,(H,16,17)(H,19,20). The summed E-state index contributed by atoms with van der Waals surface area (Å²) in [6.45, 7) is 2.89. The fourth-order valence-electron chi connectivity index (χ4n) is 1.54. The van der Waals surface area contributed by atoms with Gasteiger partial charge in [-0.3, -0.25) is 9.59 Å². The number of nitrogens with one attached hydrogen (secondary N) is 1. The van der Waals surface area contributed by atoms with Crippen molar-refractivity contribution in [3.05, 3.63) is 28.8 Å². The molecule has 1 aromatic carbocycles. The van der Waals surface area contributed by atoms with Gasteiger partial charge in [0.1, 0.15) is 0 Å². The Balaban J connectivity index is 2.90. The summed E-state index contributed by atoms with van der Waals surface area (Å²) in [5.74, 6) is -2.15. The van der Waals surface area contributed by atoms with Gasteiger partial charge in [-0.2, -0.15) is 0 Å². The van der Waals surface area contributed by atoms with Crippen LogP contribution in [0.4, 0.5) is 5.69 Å². The van der Waals surface area contributed by atoms with Crippen LogP contribution in [0.3, 0.4) is 0 Å². The van der Waals surface area contributed by atoms with Gasteiger partial charge in [0, 0.05) is 6.42 Å². The molecular formula is C14H16ClNO5. The molecule has 0 heterocycles. The molecule has 0 atom stereocenters. The summed E-state index contributed by atoms with van der Waals surface area (Å²) in [7, 11) is 1.24. The van der Waals surface area contributed by atoms with Gasteiger partial charge >= 0.3 is 11.9 Å². The van der Waals surface area contributed by atoms with Crippen molar-refractivity contribution in [1.29, 1.82) is 0 Å². The highest BCUT2D eigenvalue weighted by atomic mass is 35.5. The van der Waals surface area contributed by atoms with Gasteiger partial charge in [-0.1, -0.05) is 11.6 Å². The van der Waals surface area contributed by atoms with E-state index in [4.69, 9.17) is 16.7 Å².